The van der Waals surface area contributed by atoms with Gasteiger partial charge in [-0.1, -0.05) is 29.4 Å². The average Bonchev–Trinajstić information content (AvgIpc) is 3.06. The molecule has 116 valence electrons. The molecule has 22 heavy (non-hydrogen) atoms. The smallest absolute Gasteiger partial charge is 0.351 e. The molecule has 0 fully saturated rings. The molecule has 2 heterocycles. The first kappa shape index (κ1) is 14.9. The Morgan fingerprint density at radius 3 is 2.41 bits per heavy atom. The molecule has 1 aromatic carbocycles. The van der Waals surface area contributed by atoms with Crippen molar-refractivity contribution in [2.45, 2.75) is 17.6 Å². The van der Waals surface area contributed by atoms with Crippen molar-refractivity contribution in [3.05, 3.63) is 42.2 Å². The van der Waals surface area contributed by atoms with Gasteiger partial charge in [-0.25, -0.2) is 0 Å². The predicted octanol–water partition coefficient (Wildman–Crippen LogP) is 2.73. The molecule has 0 amide bonds. The highest BCUT2D eigenvalue weighted by Crippen LogP contribution is 2.40. The van der Waals surface area contributed by atoms with Crippen LogP contribution in [-0.4, -0.2) is 31.8 Å². The summed E-state index contributed by atoms with van der Waals surface area (Å²) in [6, 6.07) is 7.04. The second-order valence-electron chi connectivity index (χ2n) is 5.07. The number of aromatic nitrogens is 2. The van der Waals surface area contributed by atoms with E-state index in [0.29, 0.717) is 5.56 Å². The minimum atomic E-state index is -3.92. The first-order chi connectivity index (χ1) is 10.3. The highest BCUT2D eigenvalue weighted by molar-refractivity contribution is 6.22. The number of aryl methyl sites for hydroxylation is 1. The second kappa shape index (κ2) is 5.03. The van der Waals surface area contributed by atoms with Crippen LogP contribution >= 0.6 is 11.6 Å². The molecule has 0 saturated carbocycles. The molecule has 1 atom stereocenters. The van der Waals surface area contributed by atoms with Crippen molar-refractivity contribution in [2.24, 2.45) is 12.2 Å². The van der Waals surface area contributed by atoms with Crippen LogP contribution in [0.15, 0.2) is 41.8 Å². The largest absolute Gasteiger partial charge is 0.388 e. The number of hydrogen-bond acceptors (Lipinski definition) is 4. The molecule has 1 N–H and O–H groups in total. The normalized spacial score (nSPS) is 21.6. The average molecular weight is 328 g/mol. The van der Waals surface area contributed by atoms with Crippen LogP contribution in [0.5, 0.6) is 0 Å². The van der Waals surface area contributed by atoms with Gasteiger partial charge in [0.2, 0.25) is 0 Å². The maximum Gasteiger partial charge on any atom is 0.388 e. The summed E-state index contributed by atoms with van der Waals surface area (Å²) in [5.74, 6) is -2.81. The first-order valence-corrected chi connectivity index (χ1v) is 6.80. The van der Waals surface area contributed by atoms with Crippen molar-refractivity contribution in [3.63, 3.8) is 0 Å². The van der Waals surface area contributed by atoms with E-state index in [1.165, 1.54) is 0 Å². The third-order valence-corrected chi connectivity index (χ3v) is 3.71. The van der Waals surface area contributed by atoms with Gasteiger partial charge in [-0.2, -0.15) is 13.9 Å². The SMILES string of the molecule is Cn1cc(-c2ccc(C3=NOC(O)(C(F)(F)Cl)C3)cc2)cn1. The molecular formula is C14H12ClF2N3O2. The number of hydrogen-bond donors (Lipinski definition) is 1. The Kier molecular flexibility index (Phi) is 3.41. The summed E-state index contributed by atoms with van der Waals surface area (Å²) in [5.41, 5.74) is 2.64. The van der Waals surface area contributed by atoms with Crippen LogP contribution in [0.4, 0.5) is 8.78 Å². The van der Waals surface area contributed by atoms with E-state index in [-0.39, 0.29) is 5.71 Å². The van der Waals surface area contributed by atoms with Crippen LogP contribution in [-0.2, 0) is 11.9 Å². The van der Waals surface area contributed by atoms with Gasteiger partial charge in [-0.15, -0.1) is 0 Å². The van der Waals surface area contributed by atoms with Gasteiger partial charge in [0.1, 0.15) is 0 Å². The molecule has 2 aromatic rings. The van der Waals surface area contributed by atoms with Crippen molar-refractivity contribution in [2.75, 3.05) is 0 Å². The lowest BCUT2D eigenvalue weighted by atomic mass is 10.0. The number of benzene rings is 1. The topological polar surface area (TPSA) is 59.6 Å². The highest BCUT2D eigenvalue weighted by Gasteiger charge is 2.58. The van der Waals surface area contributed by atoms with E-state index in [4.69, 9.17) is 11.6 Å². The van der Waals surface area contributed by atoms with Gasteiger partial charge in [0.05, 0.1) is 18.3 Å². The van der Waals surface area contributed by atoms with E-state index in [1.54, 1.807) is 23.0 Å². The number of rotatable bonds is 3. The van der Waals surface area contributed by atoms with Gasteiger partial charge in [0.25, 0.3) is 0 Å². The van der Waals surface area contributed by atoms with Gasteiger partial charge < -0.3 is 9.94 Å². The number of oxime groups is 1. The van der Waals surface area contributed by atoms with Crippen LogP contribution < -0.4 is 0 Å². The molecule has 0 radical (unpaired) electrons. The summed E-state index contributed by atoms with van der Waals surface area (Å²) >= 11 is 4.85. The number of alkyl halides is 3. The lowest BCUT2D eigenvalue weighted by Gasteiger charge is -2.23. The monoisotopic (exact) mass is 327 g/mol. The van der Waals surface area contributed by atoms with Gasteiger partial charge in [-0.05, 0) is 22.7 Å². The van der Waals surface area contributed by atoms with Crippen LogP contribution in [0, 0.1) is 0 Å². The third-order valence-electron chi connectivity index (χ3n) is 3.41. The van der Waals surface area contributed by atoms with E-state index < -0.39 is 17.6 Å². The molecule has 1 aliphatic rings. The fourth-order valence-electron chi connectivity index (χ4n) is 2.15. The van der Waals surface area contributed by atoms with Gasteiger partial charge in [-0.3, -0.25) is 4.68 Å². The van der Waals surface area contributed by atoms with Crippen molar-refractivity contribution in [3.8, 4) is 11.1 Å². The van der Waals surface area contributed by atoms with Gasteiger partial charge in [0, 0.05) is 18.8 Å². The lowest BCUT2D eigenvalue weighted by Crippen LogP contribution is -2.44. The summed E-state index contributed by atoms with van der Waals surface area (Å²) in [7, 11) is 1.82. The van der Waals surface area contributed by atoms with Gasteiger partial charge in [0.15, 0.2) is 0 Å². The molecule has 5 nitrogen and oxygen atoms in total. The predicted molar refractivity (Wildman–Crippen MR) is 76.6 cm³/mol. The Balaban J connectivity index is 1.80. The Bertz CT molecular complexity index is 724. The fraction of sp³-hybridized carbons (Fsp3) is 0.286. The molecule has 0 saturated heterocycles. The van der Waals surface area contributed by atoms with Crippen LogP contribution in [0.2, 0.25) is 0 Å². The second-order valence-corrected chi connectivity index (χ2v) is 5.54. The van der Waals surface area contributed by atoms with Crippen LogP contribution in [0.3, 0.4) is 0 Å². The first-order valence-electron chi connectivity index (χ1n) is 6.42. The molecule has 0 spiro atoms. The Hall–Kier alpha value is -1.99. The molecule has 0 bridgehead atoms. The molecule has 8 heteroatoms. The summed E-state index contributed by atoms with van der Waals surface area (Å²) in [5, 5.41) is 13.3. The van der Waals surface area contributed by atoms with E-state index in [0.717, 1.165) is 11.1 Å². The Morgan fingerprint density at radius 1 is 1.27 bits per heavy atom. The number of aliphatic hydroxyl groups is 1. The summed E-state index contributed by atoms with van der Waals surface area (Å²) in [4.78, 5) is 4.44. The highest BCUT2D eigenvalue weighted by atomic mass is 35.5. The molecular weight excluding hydrogens is 316 g/mol. The fourth-order valence-corrected chi connectivity index (χ4v) is 2.26. The van der Waals surface area contributed by atoms with Crippen molar-refractivity contribution in [1.82, 2.24) is 9.78 Å². The number of halogens is 3. The molecule has 3 rings (SSSR count). The van der Waals surface area contributed by atoms with Crippen LogP contribution in [0.1, 0.15) is 12.0 Å². The minimum Gasteiger partial charge on any atom is -0.351 e. The van der Waals surface area contributed by atoms with Crippen molar-refractivity contribution >= 4 is 17.3 Å². The van der Waals surface area contributed by atoms with Gasteiger partial charge >= 0.3 is 11.2 Å². The van der Waals surface area contributed by atoms with Crippen LogP contribution in [0.25, 0.3) is 11.1 Å². The summed E-state index contributed by atoms with van der Waals surface area (Å²) in [6.45, 7) is 0. The van der Waals surface area contributed by atoms with E-state index in [1.807, 2.05) is 25.4 Å². The molecule has 1 aromatic heterocycles. The Morgan fingerprint density at radius 2 is 1.91 bits per heavy atom. The molecule has 1 aliphatic heterocycles. The standard InChI is InChI=1S/C14H12ClF2N3O2/c1-20-8-11(7-18-20)9-2-4-10(5-3-9)12-6-13(21,22-19-12)14(15,16)17/h2-5,7-8,21H,6H2,1H3. The zero-order chi connectivity index (χ0) is 16.0. The zero-order valence-electron chi connectivity index (χ0n) is 11.5. The number of nitrogens with zero attached hydrogens (tertiary/aromatic N) is 3. The Labute approximate surface area is 129 Å². The lowest BCUT2D eigenvalue weighted by molar-refractivity contribution is -0.272. The zero-order valence-corrected chi connectivity index (χ0v) is 12.3. The summed E-state index contributed by atoms with van der Waals surface area (Å²) < 4.78 is 27.9. The van der Waals surface area contributed by atoms with Crippen molar-refractivity contribution < 1.29 is 18.7 Å². The summed E-state index contributed by atoms with van der Waals surface area (Å²) in [6.07, 6.45) is 3.09. The maximum absolute atomic E-state index is 13.1. The van der Waals surface area contributed by atoms with E-state index in [2.05, 4.69) is 15.1 Å². The third kappa shape index (κ3) is 2.57. The molecule has 1 unspecified atom stereocenters. The maximum atomic E-state index is 13.1. The van der Waals surface area contributed by atoms with E-state index in [9.17, 15) is 13.9 Å². The quantitative estimate of drug-likeness (QED) is 0.882. The molecule has 0 aliphatic carbocycles. The van der Waals surface area contributed by atoms with Crippen molar-refractivity contribution in [1.29, 1.82) is 0 Å². The van der Waals surface area contributed by atoms with E-state index >= 15 is 0 Å². The minimum absolute atomic E-state index is 0.209.